The number of carbonyl (C=O) groups excluding carboxylic acids is 1. The van der Waals surface area contributed by atoms with Gasteiger partial charge >= 0.3 is 0 Å². The number of rotatable bonds is 3. The maximum absolute atomic E-state index is 12.3. The molecule has 3 aromatic rings. The fourth-order valence-corrected chi connectivity index (χ4v) is 2.71. The van der Waals surface area contributed by atoms with Crippen molar-refractivity contribution in [1.29, 1.82) is 0 Å². The SMILES string of the molecule is CN(Cc1ccc2nsnc2c1)C(=O)c1cncc(Cl)c1. The van der Waals surface area contributed by atoms with Crippen molar-refractivity contribution in [3.63, 3.8) is 0 Å². The maximum Gasteiger partial charge on any atom is 0.255 e. The van der Waals surface area contributed by atoms with Gasteiger partial charge in [-0.2, -0.15) is 8.75 Å². The Hall–Kier alpha value is -2.05. The van der Waals surface area contributed by atoms with Crippen molar-refractivity contribution in [2.45, 2.75) is 6.54 Å². The Morgan fingerprint density at radius 1 is 1.24 bits per heavy atom. The van der Waals surface area contributed by atoms with Crippen LogP contribution in [0.2, 0.25) is 5.02 Å². The molecule has 7 heteroatoms. The van der Waals surface area contributed by atoms with Crippen molar-refractivity contribution in [3.05, 3.63) is 52.8 Å². The number of amides is 1. The number of aromatic nitrogens is 3. The third kappa shape index (κ3) is 3.01. The molecule has 0 spiro atoms. The number of fused-ring (bicyclic) bond motifs is 1. The molecular formula is C14H11ClN4OS. The van der Waals surface area contributed by atoms with Crippen LogP contribution in [0.3, 0.4) is 0 Å². The van der Waals surface area contributed by atoms with Crippen molar-refractivity contribution in [2.24, 2.45) is 0 Å². The Bertz CT molecular complexity index is 804. The largest absolute Gasteiger partial charge is 0.337 e. The van der Waals surface area contributed by atoms with Crippen LogP contribution in [0.15, 0.2) is 36.7 Å². The molecule has 0 saturated heterocycles. The normalized spacial score (nSPS) is 10.8. The smallest absolute Gasteiger partial charge is 0.255 e. The first-order chi connectivity index (χ1) is 10.1. The second-order valence-electron chi connectivity index (χ2n) is 4.64. The van der Waals surface area contributed by atoms with E-state index < -0.39 is 0 Å². The molecule has 21 heavy (non-hydrogen) atoms. The van der Waals surface area contributed by atoms with Gasteiger partial charge in [0.15, 0.2) is 0 Å². The molecule has 1 amide bonds. The highest BCUT2D eigenvalue weighted by molar-refractivity contribution is 7.00. The van der Waals surface area contributed by atoms with Gasteiger partial charge in [-0.25, -0.2) is 0 Å². The first-order valence-corrected chi connectivity index (χ1v) is 7.31. The van der Waals surface area contributed by atoms with E-state index in [9.17, 15) is 4.79 Å². The van der Waals surface area contributed by atoms with E-state index in [-0.39, 0.29) is 5.91 Å². The summed E-state index contributed by atoms with van der Waals surface area (Å²) in [4.78, 5) is 17.9. The molecule has 2 aromatic heterocycles. The number of hydrogen-bond donors (Lipinski definition) is 0. The lowest BCUT2D eigenvalue weighted by atomic mass is 10.1. The summed E-state index contributed by atoms with van der Waals surface area (Å²) >= 11 is 7.04. The van der Waals surface area contributed by atoms with E-state index in [1.807, 2.05) is 18.2 Å². The zero-order valence-electron chi connectivity index (χ0n) is 11.2. The van der Waals surface area contributed by atoms with Gasteiger partial charge < -0.3 is 4.90 Å². The average Bonchev–Trinajstić information content (AvgIpc) is 2.94. The van der Waals surface area contributed by atoms with E-state index in [2.05, 4.69) is 13.7 Å². The second-order valence-corrected chi connectivity index (χ2v) is 5.61. The lowest BCUT2D eigenvalue weighted by Crippen LogP contribution is -2.26. The number of halogens is 1. The average molecular weight is 319 g/mol. The van der Waals surface area contributed by atoms with Crippen molar-refractivity contribution in [1.82, 2.24) is 18.6 Å². The van der Waals surface area contributed by atoms with Crippen LogP contribution >= 0.6 is 23.3 Å². The zero-order chi connectivity index (χ0) is 14.8. The van der Waals surface area contributed by atoms with E-state index in [4.69, 9.17) is 11.6 Å². The summed E-state index contributed by atoms with van der Waals surface area (Å²) in [5.41, 5.74) is 3.20. The summed E-state index contributed by atoms with van der Waals surface area (Å²) in [7, 11) is 1.74. The summed E-state index contributed by atoms with van der Waals surface area (Å²) in [6.45, 7) is 0.485. The van der Waals surface area contributed by atoms with Crippen LogP contribution in [0.1, 0.15) is 15.9 Å². The predicted molar refractivity (Wildman–Crippen MR) is 82.5 cm³/mol. The van der Waals surface area contributed by atoms with Crippen LogP contribution in [0, 0.1) is 0 Å². The number of benzene rings is 1. The van der Waals surface area contributed by atoms with Gasteiger partial charge in [-0.3, -0.25) is 9.78 Å². The van der Waals surface area contributed by atoms with Crippen molar-refractivity contribution < 1.29 is 4.79 Å². The zero-order valence-corrected chi connectivity index (χ0v) is 12.7. The van der Waals surface area contributed by atoms with E-state index in [0.717, 1.165) is 16.6 Å². The summed E-state index contributed by atoms with van der Waals surface area (Å²) in [5, 5.41) is 0.448. The number of nitrogens with zero attached hydrogens (tertiary/aromatic N) is 4. The molecule has 0 aliphatic carbocycles. The van der Waals surface area contributed by atoms with Crippen LogP contribution in [0.5, 0.6) is 0 Å². The van der Waals surface area contributed by atoms with Gasteiger partial charge in [0, 0.05) is 26.0 Å². The first kappa shape index (κ1) is 13.9. The predicted octanol–water partition coefficient (Wildman–Crippen LogP) is 3.01. The minimum absolute atomic E-state index is 0.124. The molecule has 0 aliphatic heterocycles. The standard InChI is InChI=1S/C14H11ClN4OS/c1-19(14(20)10-5-11(15)7-16-6-10)8-9-2-3-12-13(4-9)18-21-17-12/h2-7H,8H2,1H3. The quantitative estimate of drug-likeness (QED) is 0.745. The summed E-state index contributed by atoms with van der Waals surface area (Å²) in [5.74, 6) is -0.124. The second kappa shape index (κ2) is 5.75. The highest BCUT2D eigenvalue weighted by atomic mass is 35.5. The third-order valence-electron chi connectivity index (χ3n) is 3.04. The summed E-state index contributed by atoms with van der Waals surface area (Å²) in [6, 6.07) is 7.41. The molecule has 0 N–H and O–H groups in total. The fourth-order valence-electron chi connectivity index (χ4n) is 2.02. The van der Waals surface area contributed by atoms with Crippen LogP contribution in [-0.4, -0.2) is 31.6 Å². The van der Waals surface area contributed by atoms with Crippen molar-refractivity contribution in [2.75, 3.05) is 7.05 Å². The number of pyridine rings is 1. The Labute approximate surface area is 130 Å². The Morgan fingerprint density at radius 2 is 2.05 bits per heavy atom. The van der Waals surface area contributed by atoms with Crippen LogP contribution in [0.4, 0.5) is 0 Å². The van der Waals surface area contributed by atoms with Gasteiger partial charge in [-0.15, -0.1) is 0 Å². The summed E-state index contributed by atoms with van der Waals surface area (Å²) < 4.78 is 8.36. The lowest BCUT2D eigenvalue weighted by Gasteiger charge is -2.17. The van der Waals surface area contributed by atoms with E-state index in [0.29, 0.717) is 17.1 Å². The maximum atomic E-state index is 12.3. The lowest BCUT2D eigenvalue weighted by molar-refractivity contribution is 0.0784. The first-order valence-electron chi connectivity index (χ1n) is 6.21. The summed E-state index contributed by atoms with van der Waals surface area (Å²) in [6.07, 6.45) is 3.01. The van der Waals surface area contributed by atoms with Gasteiger partial charge in [-0.1, -0.05) is 17.7 Å². The molecule has 3 rings (SSSR count). The minimum atomic E-state index is -0.124. The van der Waals surface area contributed by atoms with Crippen LogP contribution < -0.4 is 0 Å². The van der Waals surface area contributed by atoms with E-state index in [1.165, 1.54) is 24.1 Å². The topological polar surface area (TPSA) is 59.0 Å². The van der Waals surface area contributed by atoms with Gasteiger partial charge in [0.05, 0.1) is 22.3 Å². The van der Waals surface area contributed by atoms with Crippen LogP contribution in [-0.2, 0) is 6.54 Å². The molecule has 0 aliphatic rings. The van der Waals surface area contributed by atoms with E-state index in [1.54, 1.807) is 18.0 Å². The Morgan fingerprint density at radius 3 is 2.86 bits per heavy atom. The van der Waals surface area contributed by atoms with E-state index >= 15 is 0 Å². The third-order valence-corrected chi connectivity index (χ3v) is 3.80. The molecule has 5 nitrogen and oxygen atoms in total. The molecule has 0 unspecified atom stereocenters. The molecule has 0 fully saturated rings. The molecular weight excluding hydrogens is 308 g/mol. The van der Waals surface area contributed by atoms with Crippen molar-refractivity contribution >= 4 is 40.3 Å². The molecule has 1 aromatic carbocycles. The minimum Gasteiger partial charge on any atom is -0.337 e. The van der Waals surface area contributed by atoms with Gasteiger partial charge in [0.25, 0.3) is 5.91 Å². The highest BCUT2D eigenvalue weighted by Crippen LogP contribution is 2.16. The van der Waals surface area contributed by atoms with Crippen molar-refractivity contribution in [3.8, 4) is 0 Å². The molecule has 2 heterocycles. The molecule has 0 saturated carbocycles. The molecule has 0 radical (unpaired) electrons. The Balaban J connectivity index is 1.78. The van der Waals surface area contributed by atoms with Crippen LogP contribution in [0.25, 0.3) is 11.0 Å². The highest BCUT2D eigenvalue weighted by Gasteiger charge is 2.13. The number of carbonyl (C=O) groups is 1. The molecule has 0 atom stereocenters. The monoisotopic (exact) mass is 318 g/mol. The van der Waals surface area contributed by atoms with Gasteiger partial charge in [-0.05, 0) is 23.8 Å². The fraction of sp³-hybridized carbons (Fsp3) is 0.143. The van der Waals surface area contributed by atoms with Gasteiger partial charge in [0.2, 0.25) is 0 Å². The Kier molecular flexibility index (Phi) is 3.81. The molecule has 106 valence electrons. The molecule has 0 bridgehead atoms. The van der Waals surface area contributed by atoms with Gasteiger partial charge in [0.1, 0.15) is 11.0 Å². The number of hydrogen-bond acceptors (Lipinski definition) is 5.